The summed E-state index contributed by atoms with van der Waals surface area (Å²) in [6.07, 6.45) is 2.35. The highest BCUT2D eigenvalue weighted by Gasteiger charge is 2.06. The SMILES string of the molecule is O=C(CCCCC(=O)c1ccccc1)NCCOc1ccccc1. The van der Waals surface area contributed by atoms with Crippen molar-refractivity contribution in [2.24, 2.45) is 0 Å². The molecule has 1 amide bonds. The first-order valence-electron chi connectivity index (χ1n) is 8.28. The van der Waals surface area contributed by atoms with Crippen LogP contribution in [0.25, 0.3) is 0 Å². The molecule has 0 fully saturated rings. The highest BCUT2D eigenvalue weighted by molar-refractivity contribution is 5.95. The van der Waals surface area contributed by atoms with Crippen molar-refractivity contribution in [2.45, 2.75) is 25.7 Å². The maximum atomic E-state index is 11.9. The summed E-state index contributed by atoms with van der Waals surface area (Å²) < 4.78 is 5.50. The standard InChI is InChI=1S/C20H23NO3/c22-19(17-9-3-1-4-10-17)13-7-8-14-20(23)21-15-16-24-18-11-5-2-6-12-18/h1-6,9-12H,7-8,13-16H2,(H,21,23). The van der Waals surface area contributed by atoms with Crippen molar-refractivity contribution in [2.75, 3.05) is 13.2 Å². The van der Waals surface area contributed by atoms with Crippen LogP contribution in [0, 0.1) is 0 Å². The Morgan fingerprint density at radius 2 is 1.46 bits per heavy atom. The lowest BCUT2D eigenvalue weighted by atomic mass is 10.0. The third kappa shape index (κ3) is 6.65. The molecular formula is C20H23NO3. The number of ketones is 1. The van der Waals surface area contributed by atoms with Gasteiger partial charge in [0.15, 0.2) is 5.78 Å². The summed E-state index contributed by atoms with van der Waals surface area (Å²) in [6, 6.07) is 18.8. The molecule has 4 nitrogen and oxygen atoms in total. The third-order valence-electron chi connectivity index (χ3n) is 3.59. The van der Waals surface area contributed by atoms with Gasteiger partial charge in [-0.1, -0.05) is 48.5 Å². The minimum atomic E-state index is -0.00109. The van der Waals surface area contributed by atoms with Gasteiger partial charge in [-0.05, 0) is 25.0 Å². The smallest absolute Gasteiger partial charge is 0.220 e. The van der Waals surface area contributed by atoms with Gasteiger partial charge in [-0.2, -0.15) is 0 Å². The van der Waals surface area contributed by atoms with Crippen LogP contribution in [0.15, 0.2) is 60.7 Å². The predicted molar refractivity (Wildman–Crippen MR) is 94.2 cm³/mol. The van der Waals surface area contributed by atoms with Gasteiger partial charge in [0.1, 0.15) is 12.4 Å². The van der Waals surface area contributed by atoms with E-state index >= 15 is 0 Å². The van der Waals surface area contributed by atoms with E-state index in [1.807, 2.05) is 60.7 Å². The summed E-state index contributed by atoms with van der Waals surface area (Å²) in [5.74, 6) is 0.928. The Labute approximate surface area is 142 Å². The van der Waals surface area contributed by atoms with Crippen molar-refractivity contribution in [1.82, 2.24) is 5.32 Å². The van der Waals surface area contributed by atoms with Crippen LogP contribution in [0.1, 0.15) is 36.0 Å². The Balaban J connectivity index is 1.51. The summed E-state index contributed by atoms with van der Waals surface area (Å²) in [6.45, 7) is 0.929. The lowest BCUT2D eigenvalue weighted by molar-refractivity contribution is -0.121. The van der Waals surface area contributed by atoms with Crippen LogP contribution in [0.4, 0.5) is 0 Å². The molecule has 2 aromatic carbocycles. The lowest BCUT2D eigenvalue weighted by Crippen LogP contribution is -2.27. The Morgan fingerprint density at radius 1 is 0.833 bits per heavy atom. The number of hydrogen-bond donors (Lipinski definition) is 1. The van der Waals surface area contributed by atoms with E-state index in [9.17, 15) is 9.59 Å². The molecule has 0 radical (unpaired) electrons. The molecule has 0 unspecified atom stereocenters. The zero-order chi connectivity index (χ0) is 17.0. The van der Waals surface area contributed by atoms with Crippen molar-refractivity contribution in [3.63, 3.8) is 0 Å². The molecule has 0 heterocycles. The molecule has 0 aliphatic heterocycles. The molecule has 2 aromatic rings. The van der Waals surface area contributed by atoms with Gasteiger partial charge in [0.25, 0.3) is 0 Å². The van der Waals surface area contributed by atoms with E-state index in [0.29, 0.717) is 32.4 Å². The number of ether oxygens (including phenoxy) is 1. The van der Waals surface area contributed by atoms with Gasteiger partial charge in [-0.15, -0.1) is 0 Å². The minimum absolute atomic E-state index is 0.00109. The predicted octanol–water partition coefficient (Wildman–Crippen LogP) is 3.62. The maximum absolute atomic E-state index is 11.9. The van der Waals surface area contributed by atoms with Gasteiger partial charge in [0, 0.05) is 18.4 Å². The van der Waals surface area contributed by atoms with E-state index in [1.54, 1.807) is 0 Å². The monoisotopic (exact) mass is 325 g/mol. The van der Waals surface area contributed by atoms with Crippen LogP contribution < -0.4 is 10.1 Å². The van der Waals surface area contributed by atoms with Crippen LogP contribution >= 0.6 is 0 Å². The largest absolute Gasteiger partial charge is 0.492 e. The minimum Gasteiger partial charge on any atom is -0.492 e. The molecule has 0 aliphatic carbocycles. The Kier molecular flexibility index (Phi) is 7.54. The number of rotatable bonds is 10. The highest BCUT2D eigenvalue weighted by atomic mass is 16.5. The van der Waals surface area contributed by atoms with Crippen molar-refractivity contribution in [3.8, 4) is 5.75 Å². The lowest BCUT2D eigenvalue weighted by Gasteiger charge is -2.07. The number of carbonyl (C=O) groups is 2. The average molecular weight is 325 g/mol. The summed E-state index contributed by atoms with van der Waals surface area (Å²) in [5, 5.41) is 2.82. The van der Waals surface area contributed by atoms with Crippen molar-refractivity contribution in [3.05, 3.63) is 66.2 Å². The van der Waals surface area contributed by atoms with Gasteiger partial charge >= 0.3 is 0 Å². The zero-order valence-corrected chi connectivity index (χ0v) is 13.7. The topological polar surface area (TPSA) is 55.4 Å². The van der Waals surface area contributed by atoms with Gasteiger partial charge in [-0.25, -0.2) is 0 Å². The summed E-state index contributed by atoms with van der Waals surface area (Å²) >= 11 is 0. The number of carbonyl (C=O) groups excluding carboxylic acids is 2. The van der Waals surface area contributed by atoms with Gasteiger partial charge < -0.3 is 10.1 Å². The van der Waals surface area contributed by atoms with E-state index in [2.05, 4.69) is 5.32 Å². The van der Waals surface area contributed by atoms with Gasteiger partial charge in [-0.3, -0.25) is 9.59 Å². The summed E-state index contributed by atoms with van der Waals surface area (Å²) in [5.41, 5.74) is 0.736. The molecule has 0 aromatic heterocycles. The zero-order valence-electron chi connectivity index (χ0n) is 13.7. The molecule has 24 heavy (non-hydrogen) atoms. The maximum Gasteiger partial charge on any atom is 0.220 e. The summed E-state index contributed by atoms with van der Waals surface area (Å²) in [4.78, 5) is 23.6. The van der Waals surface area contributed by atoms with E-state index in [4.69, 9.17) is 4.74 Å². The molecule has 126 valence electrons. The molecule has 0 bridgehead atoms. The molecular weight excluding hydrogens is 302 g/mol. The van der Waals surface area contributed by atoms with Crippen molar-refractivity contribution < 1.29 is 14.3 Å². The second-order valence-corrected chi connectivity index (χ2v) is 5.51. The molecule has 1 N–H and O–H groups in total. The number of amides is 1. The fourth-order valence-electron chi connectivity index (χ4n) is 2.30. The molecule has 0 spiro atoms. The number of unbranched alkanes of at least 4 members (excludes halogenated alkanes) is 1. The molecule has 4 heteroatoms. The fraction of sp³-hybridized carbons (Fsp3) is 0.300. The van der Waals surface area contributed by atoms with Crippen LogP contribution in [-0.2, 0) is 4.79 Å². The Bertz CT molecular complexity index is 626. The fourth-order valence-corrected chi connectivity index (χ4v) is 2.30. The molecule has 0 aliphatic rings. The summed E-state index contributed by atoms with van der Waals surface area (Å²) in [7, 11) is 0. The Morgan fingerprint density at radius 3 is 2.17 bits per heavy atom. The second kappa shape index (κ2) is 10.2. The van der Waals surface area contributed by atoms with Gasteiger partial charge in [0.05, 0.1) is 6.54 Å². The van der Waals surface area contributed by atoms with Crippen LogP contribution in [-0.4, -0.2) is 24.8 Å². The number of para-hydroxylation sites is 1. The van der Waals surface area contributed by atoms with Gasteiger partial charge in [0.2, 0.25) is 5.91 Å². The first-order chi connectivity index (χ1) is 11.8. The average Bonchev–Trinajstić information content (AvgIpc) is 2.64. The molecule has 0 saturated carbocycles. The van der Waals surface area contributed by atoms with E-state index < -0.39 is 0 Å². The molecule has 0 atom stereocenters. The molecule has 2 rings (SSSR count). The van der Waals surface area contributed by atoms with E-state index in [-0.39, 0.29) is 11.7 Å². The first-order valence-corrected chi connectivity index (χ1v) is 8.28. The second-order valence-electron chi connectivity index (χ2n) is 5.51. The van der Waals surface area contributed by atoms with Crippen LogP contribution in [0.2, 0.25) is 0 Å². The first kappa shape index (κ1) is 17.7. The quantitative estimate of drug-likeness (QED) is 0.536. The number of hydrogen-bond acceptors (Lipinski definition) is 3. The van der Waals surface area contributed by atoms with Crippen molar-refractivity contribution >= 4 is 11.7 Å². The Hall–Kier alpha value is -2.62. The van der Waals surface area contributed by atoms with E-state index in [1.165, 1.54) is 0 Å². The van der Waals surface area contributed by atoms with Crippen molar-refractivity contribution in [1.29, 1.82) is 0 Å². The van der Waals surface area contributed by atoms with E-state index in [0.717, 1.165) is 17.7 Å². The molecule has 0 saturated heterocycles. The number of benzene rings is 2. The normalized spacial score (nSPS) is 10.2. The van der Waals surface area contributed by atoms with Crippen LogP contribution in [0.5, 0.6) is 5.75 Å². The number of Topliss-reactive ketones (excluding diaryl/α,β-unsaturated/α-hetero) is 1. The van der Waals surface area contributed by atoms with Crippen LogP contribution in [0.3, 0.4) is 0 Å². The highest BCUT2D eigenvalue weighted by Crippen LogP contribution is 2.08. The third-order valence-corrected chi connectivity index (χ3v) is 3.59. The number of nitrogens with one attached hydrogen (secondary N) is 1.